The van der Waals surface area contributed by atoms with Crippen molar-refractivity contribution >= 4 is 11.5 Å². The molecule has 0 aliphatic rings. The number of hydrogen-bond donors (Lipinski definition) is 0. The zero-order chi connectivity index (χ0) is 10.7. The van der Waals surface area contributed by atoms with Gasteiger partial charge in [0.1, 0.15) is 17.2 Å². The molecule has 0 unspecified atom stereocenters. The first-order chi connectivity index (χ1) is 7.36. The van der Waals surface area contributed by atoms with E-state index in [4.69, 9.17) is 0 Å². The maximum absolute atomic E-state index is 4.49. The first-order valence-electron chi connectivity index (χ1n) is 5.31. The van der Waals surface area contributed by atoms with E-state index in [9.17, 15) is 0 Å². The lowest BCUT2D eigenvalue weighted by Crippen LogP contribution is -2.36. The summed E-state index contributed by atoms with van der Waals surface area (Å²) < 4.78 is 6.75. The van der Waals surface area contributed by atoms with Crippen molar-refractivity contribution in [1.82, 2.24) is 4.37 Å². The highest BCUT2D eigenvalue weighted by molar-refractivity contribution is 7.05. The average molecular weight is 219 g/mol. The van der Waals surface area contributed by atoms with Crippen molar-refractivity contribution in [3.05, 3.63) is 41.2 Å². The van der Waals surface area contributed by atoms with Gasteiger partial charge in [-0.2, -0.15) is 4.57 Å². The first-order valence-corrected chi connectivity index (χ1v) is 6.09. The zero-order valence-corrected chi connectivity index (χ0v) is 9.92. The molecule has 2 aromatic rings. The molecule has 0 fully saturated rings. The van der Waals surface area contributed by atoms with E-state index in [2.05, 4.69) is 47.1 Å². The quantitative estimate of drug-likeness (QED) is 0.725. The molecule has 0 amide bonds. The molecule has 1 heterocycles. The normalized spacial score (nSPS) is 10.5. The second-order valence-electron chi connectivity index (χ2n) is 3.37. The monoisotopic (exact) mass is 219 g/mol. The molecule has 0 aliphatic carbocycles. The highest BCUT2D eigenvalue weighted by Gasteiger charge is 2.20. The number of para-hydroxylation sites is 1. The van der Waals surface area contributed by atoms with Crippen molar-refractivity contribution in [2.24, 2.45) is 0 Å². The summed E-state index contributed by atoms with van der Waals surface area (Å²) in [6, 6.07) is 10.4. The Morgan fingerprint density at radius 3 is 2.47 bits per heavy atom. The minimum absolute atomic E-state index is 0.978. The number of rotatable bonds is 3. The van der Waals surface area contributed by atoms with Gasteiger partial charge in [0.25, 0.3) is 0 Å². The minimum Gasteiger partial charge on any atom is -0.184 e. The number of aryl methyl sites for hydroxylation is 2. The molecule has 2 nitrogen and oxygen atoms in total. The van der Waals surface area contributed by atoms with Gasteiger partial charge in [-0.25, -0.2) is 0 Å². The molecule has 0 spiro atoms. The average Bonchev–Trinajstić information content (AvgIpc) is 2.72. The Hall–Kier alpha value is -1.22. The van der Waals surface area contributed by atoms with Crippen LogP contribution in [0.4, 0.5) is 0 Å². The molecule has 1 aromatic carbocycles. The van der Waals surface area contributed by atoms with E-state index in [0.29, 0.717) is 0 Å². The van der Waals surface area contributed by atoms with E-state index in [0.717, 1.165) is 18.7 Å². The van der Waals surface area contributed by atoms with Crippen LogP contribution in [0.1, 0.15) is 24.7 Å². The number of hydrogen-bond acceptors (Lipinski definition) is 2. The van der Waals surface area contributed by atoms with Crippen molar-refractivity contribution in [2.45, 2.75) is 26.7 Å². The molecule has 0 atom stereocenters. The van der Waals surface area contributed by atoms with Gasteiger partial charge in [0.2, 0.25) is 5.01 Å². The second-order valence-corrected chi connectivity index (χ2v) is 4.21. The van der Waals surface area contributed by atoms with Gasteiger partial charge in [0, 0.05) is 10.8 Å². The Morgan fingerprint density at radius 1 is 1.13 bits per heavy atom. The van der Waals surface area contributed by atoms with Crippen LogP contribution in [0.25, 0.3) is 5.69 Å². The summed E-state index contributed by atoms with van der Waals surface area (Å²) in [5.74, 6) is 1.16. The molecule has 0 saturated heterocycles. The van der Waals surface area contributed by atoms with Crippen LogP contribution in [-0.4, -0.2) is 4.37 Å². The second kappa shape index (κ2) is 4.53. The molecule has 0 bridgehead atoms. The first kappa shape index (κ1) is 10.3. The molecule has 78 valence electrons. The summed E-state index contributed by atoms with van der Waals surface area (Å²) >= 11 is 1.61. The fourth-order valence-corrected chi connectivity index (χ4v) is 2.49. The van der Waals surface area contributed by atoms with E-state index in [1.165, 1.54) is 10.7 Å². The number of benzene rings is 1. The highest BCUT2D eigenvalue weighted by atomic mass is 32.1. The highest BCUT2D eigenvalue weighted by Crippen LogP contribution is 2.09. The Kier molecular flexibility index (Phi) is 3.11. The van der Waals surface area contributed by atoms with Crippen LogP contribution in [0.2, 0.25) is 0 Å². The zero-order valence-electron chi connectivity index (χ0n) is 9.10. The van der Waals surface area contributed by atoms with E-state index >= 15 is 0 Å². The molecule has 0 radical (unpaired) electrons. The summed E-state index contributed by atoms with van der Waals surface area (Å²) in [7, 11) is 0. The lowest BCUT2D eigenvalue weighted by molar-refractivity contribution is -0.609. The number of nitrogens with zero attached hydrogens (tertiary/aromatic N) is 2. The van der Waals surface area contributed by atoms with Crippen molar-refractivity contribution < 1.29 is 4.57 Å². The molecule has 3 heteroatoms. The minimum atomic E-state index is 0.978. The molecule has 0 aliphatic heterocycles. The number of aromatic nitrogens is 2. The van der Waals surface area contributed by atoms with Crippen LogP contribution in [0.3, 0.4) is 0 Å². The van der Waals surface area contributed by atoms with Gasteiger partial charge >= 0.3 is 5.82 Å². The Bertz CT molecular complexity index is 413. The maximum atomic E-state index is 4.49. The lowest BCUT2D eigenvalue weighted by Gasteiger charge is -1.99. The van der Waals surface area contributed by atoms with E-state index in [1.54, 1.807) is 11.5 Å². The summed E-state index contributed by atoms with van der Waals surface area (Å²) in [6.45, 7) is 4.32. The topological polar surface area (TPSA) is 16.8 Å². The third-order valence-corrected chi connectivity index (χ3v) is 3.38. The predicted octanol–water partition coefficient (Wildman–Crippen LogP) is 2.54. The van der Waals surface area contributed by atoms with Gasteiger partial charge in [0.15, 0.2) is 0 Å². The fourth-order valence-electron chi connectivity index (χ4n) is 1.65. The summed E-state index contributed by atoms with van der Waals surface area (Å²) in [5, 5.41) is 1.32. The Balaban J connectivity index is 2.55. The molecule has 0 N–H and O–H groups in total. The van der Waals surface area contributed by atoms with Crippen LogP contribution in [-0.2, 0) is 12.8 Å². The van der Waals surface area contributed by atoms with Gasteiger partial charge in [-0.15, -0.1) is 0 Å². The summed E-state index contributed by atoms with van der Waals surface area (Å²) in [6.07, 6.45) is 2.01. The van der Waals surface area contributed by atoms with Crippen LogP contribution >= 0.6 is 11.5 Å². The Morgan fingerprint density at radius 2 is 1.87 bits per heavy atom. The van der Waals surface area contributed by atoms with Crippen LogP contribution in [0.5, 0.6) is 0 Å². The Labute approximate surface area is 94.4 Å². The summed E-state index contributed by atoms with van der Waals surface area (Å²) in [5.41, 5.74) is 1.22. The van der Waals surface area contributed by atoms with Crippen LogP contribution in [0.15, 0.2) is 30.3 Å². The van der Waals surface area contributed by atoms with Gasteiger partial charge in [0.05, 0.1) is 6.42 Å². The van der Waals surface area contributed by atoms with Crippen molar-refractivity contribution in [2.75, 3.05) is 0 Å². The van der Waals surface area contributed by atoms with Crippen molar-refractivity contribution in [3.63, 3.8) is 0 Å². The molecule has 15 heavy (non-hydrogen) atoms. The lowest BCUT2D eigenvalue weighted by atomic mass is 10.3. The van der Waals surface area contributed by atoms with Gasteiger partial charge in [-0.05, 0) is 12.1 Å². The predicted molar refractivity (Wildman–Crippen MR) is 62.4 cm³/mol. The van der Waals surface area contributed by atoms with E-state index < -0.39 is 0 Å². The molecular weight excluding hydrogens is 204 g/mol. The van der Waals surface area contributed by atoms with Crippen molar-refractivity contribution in [3.8, 4) is 5.69 Å². The molecule has 1 aromatic heterocycles. The van der Waals surface area contributed by atoms with Gasteiger partial charge in [-0.3, -0.25) is 0 Å². The van der Waals surface area contributed by atoms with E-state index in [-0.39, 0.29) is 0 Å². The third kappa shape index (κ3) is 1.92. The fraction of sp³-hybridized carbons (Fsp3) is 0.333. The molecule has 2 rings (SSSR count). The largest absolute Gasteiger partial charge is 0.318 e. The maximum Gasteiger partial charge on any atom is 0.318 e. The van der Waals surface area contributed by atoms with Crippen molar-refractivity contribution in [1.29, 1.82) is 0 Å². The summed E-state index contributed by atoms with van der Waals surface area (Å²) in [4.78, 5) is 0. The van der Waals surface area contributed by atoms with Gasteiger partial charge in [-0.1, -0.05) is 32.0 Å². The standard InChI is InChI=1S/C12H15N2S/c1-3-11-13-15-12(4-2)14(11)10-8-6-5-7-9-10/h5-9H,3-4H2,1-2H3/q+1. The van der Waals surface area contributed by atoms with Crippen LogP contribution in [0, 0.1) is 0 Å². The molecular formula is C12H15N2S+. The van der Waals surface area contributed by atoms with Crippen LogP contribution < -0.4 is 4.57 Å². The third-order valence-electron chi connectivity index (χ3n) is 2.40. The SMILES string of the molecule is CCc1nsc(CC)[n+]1-c1ccccc1. The van der Waals surface area contributed by atoms with E-state index in [1.807, 2.05) is 6.07 Å². The van der Waals surface area contributed by atoms with Gasteiger partial charge < -0.3 is 0 Å². The smallest absolute Gasteiger partial charge is 0.184 e. The molecule has 0 saturated carbocycles.